The van der Waals surface area contributed by atoms with Crippen LogP contribution in [0.3, 0.4) is 0 Å². The Balaban J connectivity index is 1.57. The van der Waals surface area contributed by atoms with Crippen molar-refractivity contribution in [1.29, 1.82) is 0 Å². The first-order chi connectivity index (χ1) is 9.65. The van der Waals surface area contributed by atoms with Gasteiger partial charge < -0.3 is 15.1 Å². The molecule has 0 aliphatic heterocycles. The topological polar surface area (TPSA) is 54.3 Å². The number of hydrogen-bond donors (Lipinski definition) is 2. The van der Waals surface area contributed by atoms with Gasteiger partial charge in [-0.15, -0.1) is 0 Å². The van der Waals surface area contributed by atoms with Crippen LogP contribution < -0.4 is 10.6 Å². The fourth-order valence-electron chi connectivity index (χ4n) is 2.99. The van der Waals surface area contributed by atoms with Gasteiger partial charge in [0.15, 0.2) is 0 Å². The van der Waals surface area contributed by atoms with Crippen molar-refractivity contribution in [2.75, 3.05) is 6.54 Å². The molecule has 1 saturated carbocycles. The van der Waals surface area contributed by atoms with E-state index in [0.717, 1.165) is 36.0 Å². The molecule has 1 aliphatic carbocycles. The first-order valence-electron chi connectivity index (χ1n) is 7.73. The van der Waals surface area contributed by atoms with Crippen molar-refractivity contribution in [3.8, 4) is 0 Å². The summed E-state index contributed by atoms with van der Waals surface area (Å²) in [4.78, 5) is 11.7. The molecule has 112 valence electrons. The Morgan fingerprint density at radius 3 is 2.70 bits per heavy atom. The van der Waals surface area contributed by atoms with E-state index in [-0.39, 0.29) is 6.03 Å². The molecule has 4 nitrogen and oxygen atoms in total. The second-order valence-electron chi connectivity index (χ2n) is 5.84. The Morgan fingerprint density at radius 1 is 1.30 bits per heavy atom. The minimum Gasteiger partial charge on any atom is -0.466 e. The fourth-order valence-corrected chi connectivity index (χ4v) is 2.99. The second kappa shape index (κ2) is 7.36. The number of aryl methyl sites for hydroxylation is 2. The highest BCUT2D eigenvalue weighted by Crippen LogP contribution is 2.28. The number of rotatable bonds is 6. The molecule has 0 unspecified atom stereocenters. The van der Waals surface area contributed by atoms with Crippen LogP contribution in [0.5, 0.6) is 0 Å². The lowest BCUT2D eigenvalue weighted by Gasteiger charge is -2.10. The van der Waals surface area contributed by atoms with Crippen LogP contribution in [-0.4, -0.2) is 12.6 Å². The zero-order valence-corrected chi connectivity index (χ0v) is 12.6. The van der Waals surface area contributed by atoms with Gasteiger partial charge in [0.1, 0.15) is 11.5 Å². The summed E-state index contributed by atoms with van der Waals surface area (Å²) in [5.41, 5.74) is 1.05. The fraction of sp³-hybridized carbons (Fsp3) is 0.688. The summed E-state index contributed by atoms with van der Waals surface area (Å²) in [5.74, 6) is 2.66. The van der Waals surface area contributed by atoms with Gasteiger partial charge in [0, 0.05) is 18.7 Å². The first-order valence-corrected chi connectivity index (χ1v) is 7.73. The number of carbonyl (C=O) groups is 1. The van der Waals surface area contributed by atoms with E-state index >= 15 is 0 Å². The minimum atomic E-state index is -0.0883. The highest BCUT2D eigenvalue weighted by Gasteiger charge is 2.14. The maximum atomic E-state index is 11.7. The number of hydrogen-bond acceptors (Lipinski definition) is 2. The van der Waals surface area contributed by atoms with Gasteiger partial charge in [0.25, 0.3) is 0 Å². The van der Waals surface area contributed by atoms with Crippen molar-refractivity contribution in [1.82, 2.24) is 10.6 Å². The molecule has 0 saturated heterocycles. The van der Waals surface area contributed by atoms with E-state index < -0.39 is 0 Å². The normalized spacial score (nSPS) is 15.5. The van der Waals surface area contributed by atoms with Crippen LogP contribution in [0, 0.1) is 19.8 Å². The third-order valence-corrected chi connectivity index (χ3v) is 4.13. The van der Waals surface area contributed by atoms with E-state index in [9.17, 15) is 4.79 Å². The molecule has 0 aromatic carbocycles. The van der Waals surface area contributed by atoms with Gasteiger partial charge in [0.05, 0.1) is 0 Å². The third-order valence-electron chi connectivity index (χ3n) is 4.13. The number of furan rings is 1. The Hall–Kier alpha value is -1.45. The van der Waals surface area contributed by atoms with E-state index in [0.29, 0.717) is 6.54 Å². The maximum absolute atomic E-state index is 11.7. The molecule has 0 radical (unpaired) electrons. The largest absolute Gasteiger partial charge is 0.466 e. The highest BCUT2D eigenvalue weighted by atomic mass is 16.3. The van der Waals surface area contributed by atoms with Crippen molar-refractivity contribution in [2.24, 2.45) is 5.92 Å². The summed E-state index contributed by atoms with van der Waals surface area (Å²) in [5, 5.41) is 5.79. The summed E-state index contributed by atoms with van der Waals surface area (Å²) >= 11 is 0. The van der Waals surface area contributed by atoms with E-state index in [1.807, 2.05) is 19.9 Å². The SMILES string of the molecule is Cc1cc(CNC(=O)NCCCC2CCCC2)c(C)o1. The molecule has 1 aromatic heterocycles. The molecule has 0 spiro atoms. The predicted molar refractivity (Wildman–Crippen MR) is 79.6 cm³/mol. The summed E-state index contributed by atoms with van der Waals surface area (Å²) in [7, 11) is 0. The number of urea groups is 1. The average molecular weight is 278 g/mol. The third kappa shape index (κ3) is 4.58. The molecular formula is C16H26N2O2. The molecular weight excluding hydrogens is 252 g/mol. The van der Waals surface area contributed by atoms with Crippen LogP contribution in [0.2, 0.25) is 0 Å². The molecule has 2 amide bonds. The van der Waals surface area contributed by atoms with Crippen molar-refractivity contribution < 1.29 is 9.21 Å². The van der Waals surface area contributed by atoms with Crippen LogP contribution in [0.25, 0.3) is 0 Å². The van der Waals surface area contributed by atoms with E-state index in [1.54, 1.807) is 0 Å². The van der Waals surface area contributed by atoms with Crippen LogP contribution in [0.4, 0.5) is 4.79 Å². The van der Waals surface area contributed by atoms with Crippen LogP contribution >= 0.6 is 0 Å². The predicted octanol–water partition coefficient (Wildman–Crippen LogP) is 3.67. The number of nitrogens with one attached hydrogen (secondary N) is 2. The van der Waals surface area contributed by atoms with E-state index in [1.165, 1.54) is 32.1 Å². The second-order valence-corrected chi connectivity index (χ2v) is 5.84. The van der Waals surface area contributed by atoms with Gasteiger partial charge in [-0.1, -0.05) is 25.7 Å². The summed E-state index contributed by atoms with van der Waals surface area (Å²) in [6.45, 7) is 5.13. The lowest BCUT2D eigenvalue weighted by molar-refractivity contribution is 0.240. The Labute approximate surface area is 121 Å². The number of amides is 2. The van der Waals surface area contributed by atoms with E-state index in [2.05, 4.69) is 10.6 Å². The lowest BCUT2D eigenvalue weighted by atomic mass is 10.0. The average Bonchev–Trinajstić information content (AvgIpc) is 3.02. The van der Waals surface area contributed by atoms with Crippen LogP contribution in [-0.2, 0) is 6.54 Å². The molecule has 1 aliphatic rings. The zero-order valence-electron chi connectivity index (χ0n) is 12.6. The molecule has 4 heteroatoms. The quantitative estimate of drug-likeness (QED) is 0.780. The van der Waals surface area contributed by atoms with Gasteiger partial charge in [0.2, 0.25) is 0 Å². The summed E-state index contributed by atoms with van der Waals surface area (Å²) in [6, 6.07) is 1.88. The first kappa shape index (κ1) is 14.9. The standard InChI is InChI=1S/C16H26N2O2/c1-12-10-15(13(2)20-12)11-18-16(19)17-9-5-8-14-6-3-4-7-14/h10,14H,3-9,11H2,1-2H3,(H2,17,18,19). The smallest absolute Gasteiger partial charge is 0.315 e. The Bertz CT molecular complexity index is 434. The molecule has 1 aromatic rings. The molecule has 0 atom stereocenters. The van der Waals surface area contributed by atoms with Crippen LogP contribution in [0.15, 0.2) is 10.5 Å². The minimum absolute atomic E-state index is 0.0883. The van der Waals surface area contributed by atoms with Gasteiger partial charge in [-0.2, -0.15) is 0 Å². The Morgan fingerprint density at radius 2 is 2.05 bits per heavy atom. The van der Waals surface area contributed by atoms with Crippen molar-refractivity contribution >= 4 is 6.03 Å². The molecule has 1 fully saturated rings. The molecule has 2 N–H and O–H groups in total. The van der Waals surface area contributed by atoms with E-state index in [4.69, 9.17) is 4.42 Å². The van der Waals surface area contributed by atoms with Gasteiger partial charge in [-0.05, 0) is 38.7 Å². The maximum Gasteiger partial charge on any atom is 0.315 e. The van der Waals surface area contributed by atoms with Crippen molar-refractivity contribution in [3.63, 3.8) is 0 Å². The monoisotopic (exact) mass is 278 g/mol. The molecule has 1 heterocycles. The number of carbonyl (C=O) groups excluding carboxylic acids is 1. The summed E-state index contributed by atoms with van der Waals surface area (Å²) in [6.07, 6.45) is 7.88. The molecule has 0 bridgehead atoms. The van der Waals surface area contributed by atoms with Crippen molar-refractivity contribution in [3.05, 3.63) is 23.2 Å². The van der Waals surface area contributed by atoms with Gasteiger partial charge >= 0.3 is 6.03 Å². The molecule has 20 heavy (non-hydrogen) atoms. The zero-order chi connectivity index (χ0) is 14.4. The lowest BCUT2D eigenvalue weighted by Crippen LogP contribution is -2.35. The van der Waals surface area contributed by atoms with Gasteiger partial charge in [-0.3, -0.25) is 0 Å². The highest BCUT2D eigenvalue weighted by molar-refractivity contribution is 5.73. The Kier molecular flexibility index (Phi) is 5.50. The summed E-state index contributed by atoms with van der Waals surface area (Å²) < 4.78 is 5.43. The van der Waals surface area contributed by atoms with Crippen LogP contribution in [0.1, 0.15) is 55.6 Å². The van der Waals surface area contributed by atoms with Crippen molar-refractivity contribution in [2.45, 2.75) is 58.9 Å². The molecule has 2 rings (SSSR count). The van der Waals surface area contributed by atoms with Gasteiger partial charge in [-0.25, -0.2) is 4.79 Å².